The molecule has 50 valence electrons. The van der Waals surface area contributed by atoms with Crippen LogP contribution in [0.5, 0.6) is 0 Å². The Morgan fingerprint density at radius 2 is 2.44 bits per heavy atom. The summed E-state index contributed by atoms with van der Waals surface area (Å²) in [6.45, 7) is 3.55. The van der Waals surface area contributed by atoms with E-state index in [9.17, 15) is 0 Å². The van der Waals surface area contributed by atoms with Crippen molar-refractivity contribution in [3.63, 3.8) is 0 Å². The molecule has 0 rings (SSSR count). The largest absolute Gasteiger partial charge is 0.325 e. The van der Waals surface area contributed by atoms with Crippen molar-refractivity contribution >= 4 is 19.6 Å². The van der Waals surface area contributed by atoms with E-state index in [0.29, 0.717) is 5.47 Å². The first-order valence-corrected chi connectivity index (χ1v) is 4.26. The van der Waals surface area contributed by atoms with Crippen molar-refractivity contribution in [2.45, 2.75) is 12.5 Å². The molecule has 0 saturated heterocycles. The third-order valence-corrected chi connectivity index (χ3v) is 1.75. The molecule has 0 aliphatic heterocycles. The zero-order valence-corrected chi connectivity index (χ0v) is 6.58. The highest BCUT2D eigenvalue weighted by molar-refractivity contribution is 7.98. The van der Waals surface area contributed by atoms with Crippen LogP contribution >= 0.6 is 11.8 Å². The quantitative estimate of drug-likeness (QED) is 0.584. The predicted octanol–water partition coefficient (Wildman–Crippen LogP) is 0.749. The second-order valence-electron chi connectivity index (χ2n) is 1.96. The Bertz CT molecular complexity index is 95.1. The van der Waals surface area contributed by atoms with E-state index in [0.717, 1.165) is 12.2 Å². The zero-order chi connectivity index (χ0) is 7.28. The fourth-order valence-electron chi connectivity index (χ4n) is 0.430. The fourth-order valence-corrected chi connectivity index (χ4v) is 0.920. The van der Waals surface area contributed by atoms with Gasteiger partial charge in [-0.3, -0.25) is 0 Å². The first-order chi connectivity index (χ1) is 4.18. The number of rotatable bonds is 4. The van der Waals surface area contributed by atoms with E-state index in [1.54, 1.807) is 11.8 Å². The van der Waals surface area contributed by atoms with Gasteiger partial charge in [-0.15, -0.1) is 12.1 Å². The lowest BCUT2D eigenvalue weighted by atomic mass is 9.89. The van der Waals surface area contributed by atoms with Crippen LogP contribution in [0.4, 0.5) is 0 Å². The van der Waals surface area contributed by atoms with Crippen molar-refractivity contribution in [2.75, 3.05) is 12.0 Å². The van der Waals surface area contributed by atoms with Crippen LogP contribution in [0.15, 0.2) is 12.1 Å². The maximum absolute atomic E-state index is 5.56. The number of thioether (sulfide) groups is 1. The summed E-state index contributed by atoms with van der Waals surface area (Å²) in [6.07, 6.45) is 2.97. The Morgan fingerprint density at radius 3 is 2.78 bits per heavy atom. The molecule has 0 aromatic rings. The number of hydrogen-bond acceptors (Lipinski definition) is 2. The fraction of sp³-hybridized carbons (Fsp3) is 0.667. The van der Waals surface area contributed by atoms with Gasteiger partial charge in [-0.1, -0.05) is 0 Å². The lowest BCUT2D eigenvalue weighted by Crippen LogP contribution is -2.22. The van der Waals surface area contributed by atoms with Gasteiger partial charge in [-0.25, -0.2) is 0 Å². The smallest absolute Gasteiger partial charge is 0.109 e. The highest BCUT2D eigenvalue weighted by atomic mass is 32.2. The van der Waals surface area contributed by atoms with Gasteiger partial charge in [0.2, 0.25) is 0 Å². The van der Waals surface area contributed by atoms with E-state index in [2.05, 4.69) is 6.58 Å². The molecule has 9 heavy (non-hydrogen) atoms. The van der Waals surface area contributed by atoms with Gasteiger partial charge in [0.25, 0.3) is 0 Å². The lowest BCUT2D eigenvalue weighted by molar-refractivity contribution is 0.780. The Hall–Kier alpha value is 0.115. The van der Waals surface area contributed by atoms with Gasteiger partial charge < -0.3 is 5.73 Å². The van der Waals surface area contributed by atoms with Crippen molar-refractivity contribution in [3.05, 3.63) is 12.1 Å². The Kier molecular flexibility index (Phi) is 5.01. The maximum atomic E-state index is 5.56. The molecule has 0 aliphatic rings. The Labute approximate surface area is 62.5 Å². The second kappa shape index (κ2) is 4.94. The van der Waals surface area contributed by atoms with Crippen LogP contribution < -0.4 is 5.73 Å². The normalized spacial score (nSPS) is 13.1. The molecular formula is C6H12BNS. The van der Waals surface area contributed by atoms with Gasteiger partial charge in [0.05, 0.1) is 0 Å². The molecule has 2 radical (unpaired) electrons. The monoisotopic (exact) mass is 141 g/mol. The molecule has 1 atom stereocenters. The predicted molar refractivity (Wildman–Crippen MR) is 45.9 cm³/mol. The minimum absolute atomic E-state index is 0.0163. The summed E-state index contributed by atoms with van der Waals surface area (Å²) in [4.78, 5) is 0. The average molecular weight is 141 g/mol. The highest BCUT2D eigenvalue weighted by Crippen LogP contribution is 2.02. The van der Waals surface area contributed by atoms with E-state index in [-0.39, 0.29) is 6.04 Å². The molecule has 0 unspecified atom stereocenters. The molecule has 0 bridgehead atoms. The topological polar surface area (TPSA) is 26.0 Å². The van der Waals surface area contributed by atoms with Crippen LogP contribution in [0, 0.1) is 0 Å². The summed E-state index contributed by atoms with van der Waals surface area (Å²) in [7, 11) is 5.35. The Morgan fingerprint density at radius 1 is 1.89 bits per heavy atom. The molecule has 0 aromatic heterocycles. The number of nitrogens with two attached hydrogens (primary N) is 1. The average Bonchev–Trinajstić information content (AvgIpc) is 1.82. The molecule has 1 nitrogen and oxygen atoms in total. The van der Waals surface area contributed by atoms with Gasteiger partial charge in [-0.2, -0.15) is 11.8 Å². The van der Waals surface area contributed by atoms with Gasteiger partial charge in [0, 0.05) is 6.04 Å². The molecule has 0 heterocycles. The Balaban J connectivity index is 3.27. The third kappa shape index (κ3) is 4.61. The summed E-state index contributed by atoms with van der Waals surface area (Å²) in [6, 6.07) is -0.0163. The van der Waals surface area contributed by atoms with Crippen LogP contribution in [-0.4, -0.2) is 25.9 Å². The molecule has 0 spiro atoms. The summed E-state index contributed by atoms with van der Waals surface area (Å²) >= 11 is 1.77. The minimum Gasteiger partial charge on any atom is -0.325 e. The van der Waals surface area contributed by atoms with Crippen LogP contribution in [0.25, 0.3) is 0 Å². The zero-order valence-electron chi connectivity index (χ0n) is 5.76. The molecule has 0 saturated carbocycles. The summed E-state index contributed by atoms with van der Waals surface area (Å²) in [5.41, 5.74) is 6.15. The molecule has 0 aromatic carbocycles. The SMILES string of the molecule is [B]C(=C)[C@@H](N)CCSC. The first-order valence-electron chi connectivity index (χ1n) is 2.87. The van der Waals surface area contributed by atoms with E-state index in [4.69, 9.17) is 13.6 Å². The molecular weight excluding hydrogens is 129 g/mol. The van der Waals surface area contributed by atoms with Crippen LogP contribution in [0.2, 0.25) is 0 Å². The van der Waals surface area contributed by atoms with E-state index >= 15 is 0 Å². The van der Waals surface area contributed by atoms with Crippen molar-refractivity contribution in [1.29, 1.82) is 0 Å². The molecule has 0 aliphatic carbocycles. The summed E-state index contributed by atoms with van der Waals surface area (Å²) in [5, 5.41) is 0. The van der Waals surface area contributed by atoms with Crippen LogP contribution in [0.1, 0.15) is 6.42 Å². The lowest BCUT2D eigenvalue weighted by Gasteiger charge is -2.09. The first kappa shape index (κ1) is 9.11. The van der Waals surface area contributed by atoms with E-state index < -0.39 is 0 Å². The molecule has 2 N–H and O–H groups in total. The molecule has 0 fully saturated rings. The van der Waals surface area contributed by atoms with Crippen molar-refractivity contribution in [1.82, 2.24) is 0 Å². The van der Waals surface area contributed by atoms with Gasteiger partial charge in [0.1, 0.15) is 7.85 Å². The van der Waals surface area contributed by atoms with Crippen LogP contribution in [-0.2, 0) is 0 Å². The standard InChI is InChI=1S/C6H12BNS/c1-5(7)6(8)3-4-9-2/h6H,1,3-4,8H2,2H3/t6-/m0/s1. The minimum atomic E-state index is -0.0163. The maximum Gasteiger partial charge on any atom is 0.109 e. The van der Waals surface area contributed by atoms with Crippen molar-refractivity contribution in [2.24, 2.45) is 5.73 Å². The van der Waals surface area contributed by atoms with E-state index in [1.165, 1.54) is 0 Å². The number of hydrogen-bond donors (Lipinski definition) is 1. The molecule has 0 amide bonds. The highest BCUT2D eigenvalue weighted by Gasteiger charge is 1.99. The third-order valence-electron chi connectivity index (χ3n) is 1.11. The summed E-state index contributed by atoms with van der Waals surface area (Å²) in [5.74, 6) is 1.05. The van der Waals surface area contributed by atoms with Gasteiger partial charge >= 0.3 is 0 Å². The van der Waals surface area contributed by atoms with Crippen molar-refractivity contribution in [3.8, 4) is 0 Å². The van der Waals surface area contributed by atoms with Gasteiger partial charge in [0.15, 0.2) is 0 Å². The summed E-state index contributed by atoms with van der Waals surface area (Å²) < 4.78 is 0. The molecule has 3 heteroatoms. The van der Waals surface area contributed by atoms with Crippen LogP contribution in [0.3, 0.4) is 0 Å². The second-order valence-corrected chi connectivity index (χ2v) is 2.95. The van der Waals surface area contributed by atoms with Gasteiger partial charge in [-0.05, 0) is 18.4 Å². The van der Waals surface area contributed by atoms with Crippen molar-refractivity contribution < 1.29 is 0 Å². The van der Waals surface area contributed by atoms with E-state index in [1.807, 2.05) is 6.26 Å².